The van der Waals surface area contributed by atoms with Gasteiger partial charge in [0, 0.05) is 49.6 Å². The van der Waals surface area contributed by atoms with E-state index >= 15 is 0 Å². The van der Waals surface area contributed by atoms with E-state index in [9.17, 15) is 14.7 Å². The van der Waals surface area contributed by atoms with Crippen molar-refractivity contribution in [1.82, 2.24) is 10.2 Å². The predicted molar refractivity (Wildman–Crippen MR) is 173 cm³/mol. The lowest BCUT2D eigenvalue weighted by molar-refractivity contribution is -0.276. The molecule has 0 aromatic heterocycles. The summed E-state index contributed by atoms with van der Waals surface area (Å²) in [5.74, 6) is 0.0178. The molecule has 0 unspecified atom stereocenters. The fourth-order valence-corrected chi connectivity index (χ4v) is 5.55. The van der Waals surface area contributed by atoms with Crippen LogP contribution >= 0.6 is 0 Å². The molecule has 1 heterocycles. The number of carbonyl (C=O) groups is 2. The van der Waals surface area contributed by atoms with Crippen LogP contribution < -0.4 is 10.6 Å². The zero-order valence-electron chi connectivity index (χ0n) is 26.4. The lowest BCUT2D eigenvalue weighted by Gasteiger charge is -2.43. The normalized spacial score (nSPS) is 20.7. The van der Waals surface area contributed by atoms with Crippen molar-refractivity contribution >= 4 is 17.5 Å². The Bertz CT molecular complexity index is 1320. The topological polar surface area (TPSA) is 100 Å². The number of anilines is 1. The number of rotatable bonds is 14. The molecule has 0 spiro atoms. The van der Waals surface area contributed by atoms with Gasteiger partial charge >= 0.3 is 0 Å². The second kappa shape index (κ2) is 16.5. The van der Waals surface area contributed by atoms with Gasteiger partial charge in [0.2, 0.25) is 11.8 Å². The van der Waals surface area contributed by atoms with E-state index in [0.717, 1.165) is 48.2 Å². The number of ether oxygens (including phenoxy) is 2. The average Bonchev–Trinajstić information content (AvgIpc) is 3.04. The van der Waals surface area contributed by atoms with Crippen molar-refractivity contribution in [2.24, 2.45) is 5.92 Å². The van der Waals surface area contributed by atoms with Gasteiger partial charge < -0.3 is 25.2 Å². The van der Waals surface area contributed by atoms with E-state index in [1.165, 1.54) is 12.5 Å². The summed E-state index contributed by atoms with van der Waals surface area (Å²) >= 11 is 0. The van der Waals surface area contributed by atoms with Gasteiger partial charge in [-0.05, 0) is 55.6 Å². The molecule has 8 heteroatoms. The predicted octanol–water partition coefficient (Wildman–Crippen LogP) is 6.30. The molecular weight excluding hydrogens is 554 g/mol. The zero-order valence-corrected chi connectivity index (χ0v) is 26.4. The SMILES string of the molecule is CC(=O)NCCCCCC(=O)Nc1ccc([C@@H]2O[C@H](CN(C)[C@@H](C)c3ccccc3)[C@H](C)[C@H](c3ccc(CO)cc3)O2)cc1. The molecule has 1 saturated heterocycles. The van der Waals surface area contributed by atoms with Crippen LogP contribution in [0.2, 0.25) is 0 Å². The second-order valence-corrected chi connectivity index (χ2v) is 11.8. The maximum atomic E-state index is 12.5. The van der Waals surface area contributed by atoms with E-state index in [1.807, 2.05) is 54.6 Å². The molecule has 0 bridgehead atoms. The van der Waals surface area contributed by atoms with Crippen molar-refractivity contribution in [2.75, 3.05) is 25.5 Å². The van der Waals surface area contributed by atoms with Crippen LogP contribution in [-0.2, 0) is 25.7 Å². The van der Waals surface area contributed by atoms with Gasteiger partial charge in [-0.1, -0.05) is 80.1 Å². The lowest BCUT2D eigenvalue weighted by Crippen LogP contribution is -2.44. The average molecular weight is 602 g/mol. The Hall–Kier alpha value is -3.56. The molecule has 3 aromatic rings. The minimum absolute atomic E-state index is 0.000617. The molecule has 1 fully saturated rings. The third-order valence-electron chi connectivity index (χ3n) is 8.46. The summed E-state index contributed by atoms with van der Waals surface area (Å²) in [6, 6.07) is 26.3. The Kier molecular flexibility index (Phi) is 12.5. The molecule has 236 valence electrons. The number of hydrogen-bond donors (Lipinski definition) is 3. The first-order chi connectivity index (χ1) is 21.2. The van der Waals surface area contributed by atoms with Crippen molar-refractivity contribution in [2.45, 2.75) is 77.6 Å². The van der Waals surface area contributed by atoms with Gasteiger partial charge in [0.05, 0.1) is 18.8 Å². The quantitative estimate of drug-likeness (QED) is 0.188. The van der Waals surface area contributed by atoms with Crippen molar-refractivity contribution in [3.05, 3.63) is 101 Å². The zero-order chi connectivity index (χ0) is 31.5. The Morgan fingerprint density at radius 1 is 0.909 bits per heavy atom. The highest BCUT2D eigenvalue weighted by Gasteiger charge is 2.39. The molecule has 2 amide bonds. The van der Waals surface area contributed by atoms with Gasteiger partial charge in [-0.15, -0.1) is 0 Å². The third-order valence-corrected chi connectivity index (χ3v) is 8.46. The van der Waals surface area contributed by atoms with Crippen LogP contribution in [0.15, 0.2) is 78.9 Å². The number of amides is 2. The van der Waals surface area contributed by atoms with Crippen LogP contribution in [0.25, 0.3) is 0 Å². The summed E-state index contributed by atoms with van der Waals surface area (Å²) in [4.78, 5) is 25.8. The van der Waals surface area contributed by atoms with E-state index in [0.29, 0.717) is 13.0 Å². The first kappa shape index (κ1) is 33.3. The van der Waals surface area contributed by atoms with Crippen LogP contribution in [0.1, 0.15) is 87.1 Å². The van der Waals surface area contributed by atoms with Crippen LogP contribution in [-0.4, -0.2) is 48.1 Å². The number of hydrogen-bond acceptors (Lipinski definition) is 6. The van der Waals surface area contributed by atoms with E-state index in [-0.39, 0.29) is 42.6 Å². The molecule has 44 heavy (non-hydrogen) atoms. The fourth-order valence-electron chi connectivity index (χ4n) is 5.55. The molecule has 0 saturated carbocycles. The van der Waals surface area contributed by atoms with Gasteiger partial charge in [-0.2, -0.15) is 0 Å². The minimum atomic E-state index is -0.576. The number of benzene rings is 3. The monoisotopic (exact) mass is 601 g/mol. The van der Waals surface area contributed by atoms with Crippen LogP contribution in [0.5, 0.6) is 0 Å². The number of unbranched alkanes of at least 4 members (excludes halogenated alkanes) is 2. The minimum Gasteiger partial charge on any atom is -0.392 e. The maximum Gasteiger partial charge on any atom is 0.224 e. The van der Waals surface area contributed by atoms with Gasteiger partial charge in [-0.3, -0.25) is 14.5 Å². The molecule has 4 rings (SSSR count). The molecule has 5 atom stereocenters. The standard InChI is InChI=1S/C36H47N3O5/c1-25-33(23-39(4)26(2)29-11-7-5-8-12-29)43-36(44-35(25)30-16-14-28(24-40)15-17-30)31-18-20-32(21-19-31)38-34(42)13-9-6-10-22-37-27(3)41/h5,7-8,11-12,14-21,25-26,33,35-36,40H,6,9-10,13,22-24H2,1-4H3,(H,37,41)(H,38,42)/t25-,26-,33+,35+,36+/m0/s1. The second-order valence-electron chi connectivity index (χ2n) is 11.8. The fraction of sp³-hybridized carbons (Fsp3) is 0.444. The number of nitrogens with zero attached hydrogens (tertiary/aromatic N) is 1. The van der Waals surface area contributed by atoms with Gasteiger partial charge in [0.1, 0.15) is 0 Å². The molecule has 0 aliphatic carbocycles. The van der Waals surface area contributed by atoms with Gasteiger partial charge in [-0.25, -0.2) is 0 Å². The summed E-state index contributed by atoms with van der Waals surface area (Å²) in [5.41, 5.74) is 4.78. The summed E-state index contributed by atoms with van der Waals surface area (Å²) in [6.07, 6.45) is 2.07. The summed E-state index contributed by atoms with van der Waals surface area (Å²) in [7, 11) is 2.13. The Morgan fingerprint density at radius 2 is 1.59 bits per heavy atom. The van der Waals surface area contributed by atoms with Crippen LogP contribution in [0.3, 0.4) is 0 Å². The number of carbonyl (C=O) groups excluding carboxylic acids is 2. The van der Waals surface area contributed by atoms with Crippen molar-refractivity contribution in [1.29, 1.82) is 0 Å². The summed E-state index contributed by atoms with van der Waals surface area (Å²) in [5, 5.41) is 15.3. The van der Waals surface area contributed by atoms with Crippen molar-refractivity contribution in [3.63, 3.8) is 0 Å². The van der Waals surface area contributed by atoms with E-state index in [4.69, 9.17) is 9.47 Å². The number of aliphatic hydroxyl groups excluding tert-OH is 1. The Balaban J connectivity index is 1.42. The Labute approximate surface area is 261 Å². The highest BCUT2D eigenvalue weighted by Crippen LogP contribution is 2.42. The molecule has 1 aliphatic heterocycles. The number of likely N-dealkylation sites (N-methyl/N-ethyl adjacent to an activating group) is 1. The van der Waals surface area contributed by atoms with E-state index < -0.39 is 6.29 Å². The van der Waals surface area contributed by atoms with Crippen molar-refractivity contribution in [3.8, 4) is 0 Å². The van der Waals surface area contributed by atoms with E-state index in [1.54, 1.807) is 0 Å². The first-order valence-electron chi connectivity index (χ1n) is 15.6. The number of aliphatic hydroxyl groups is 1. The highest BCUT2D eigenvalue weighted by atomic mass is 16.7. The van der Waals surface area contributed by atoms with Crippen molar-refractivity contribution < 1.29 is 24.2 Å². The molecular formula is C36H47N3O5. The number of nitrogens with one attached hydrogen (secondary N) is 2. The maximum absolute atomic E-state index is 12.5. The summed E-state index contributed by atoms with van der Waals surface area (Å²) < 4.78 is 13.2. The summed E-state index contributed by atoms with van der Waals surface area (Å²) in [6.45, 7) is 7.25. The molecule has 1 aliphatic rings. The smallest absolute Gasteiger partial charge is 0.224 e. The lowest BCUT2D eigenvalue weighted by atomic mass is 9.89. The molecule has 3 aromatic carbocycles. The highest BCUT2D eigenvalue weighted by molar-refractivity contribution is 5.90. The third kappa shape index (κ3) is 9.47. The largest absolute Gasteiger partial charge is 0.392 e. The van der Waals surface area contributed by atoms with Crippen LogP contribution in [0.4, 0.5) is 5.69 Å². The Morgan fingerprint density at radius 3 is 2.25 bits per heavy atom. The first-order valence-corrected chi connectivity index (χ1v) is 15.6. The van der Waals surface area contributed by atoms with Gasteiger partial charge in [0.15, 0.2) is 6.29 Å². The van der Waals surface area contributed by atoms with Crippen LogP contribution in [0, 0.1) is 5.92 Å². The van der Waals surface area contributed by atoms with E-state index in [2.05, 4.69) is 60.7 Å². The molecule has 8 nitrogen and oxygen atoms in total. The molecule has 3 N–H and O–H groups in total. The molecule has 0 radical (unpaired) electrons. The van der Waals surface area contributed by atoms with Gasteiger partial charge in [0.25, 0.3) is 0 Å².